The monoisotopic (exact) mass is 178 g/mol. The molecule has 1 unspecified atom stereocenters. The van der Waals surface area contributed by atoms with Crippen LogP contribution in [0.15, 0.2) is 0 Å². The molecule has 0 aliphatic carbocycles. The summed E-state index contributed by atoms with van der Waals surface area (Å²) < 4.78 is 0. The Labute approximate surface area is 74.9 Å². The first-order valence-corrected chi connectivity index (χ1v) is 5.23. The minimum Gasteiger partial charge on any atom is -0.344 e. The fourth-order valence-electron chi connectivity index (χ4n) is 0.705. The van der Waals surface area contributed by atoms with E-state index in [1.165, 1.54) is 25.0 Å². The highest BCUT2D eigenvalue weighted by Gasteiger charge is 1.96. The van der Waals surface area contributed by atoms with E-state index in [4.69, 9.17) is 5.73 Å². The lowest BCUT2D eigenvalue weighted by Gasteiger charge is -2.06. The molecule has 11 heavy (non-hydrogen) atoms. The Kier molecular flexibility index (Phi) is 12.9. The van der Waals surface area contributed by atoms with Gasteiger partial charge in [-0.05, 0) is 18.6 Å². The smallest absolute Gasteiger partial charge is 0.0504 e. The molecule has 0 radical (unpaired) electrons. The molecule has 70 valence electrons. The van der Waals surface area contributed by atoms with Crippen molar-refractivity contribution in [1.82, 2.24) is 6.15 Å². The maximum Gasteiger partial charge on any atom is 0.0504 e. The molecular formula is C8H22N2S. The zero-order valence-corrected chi connectivity index (χ0v) is 8.62. The minimum absolute atomic E-state index is 0. The third-order valence-corrected chi connectivity index (χ3v) is 2.77. The lowest BCUT2D eigenvalue weighted by Crippen LogP contribution is -2.13. The second kappa shape index (κ2) is 10.3. The predicted molar refractivity (Wildman–Crippen MR) is 55.3 cm³/mol. The first-order valence-electron chi connectivity index (χ1n) is 4.18. The largest absolute Gasteiger partial charge is 0.344 e. The lowest BCUT2D eigenvalue weighted by molar-refractivity contribution is 0.774. The molecule has 0 amide bonds. The summed E-state index contributed by atoms with van der Waals surface area (Å²) in [6, 6.07) is 0. The number of hydrogen-bond donors (Lipinski definition) is 2. The Morgan fingerprint density at radius 3 is 2.36 bits per heavy atom. The van der Waals surface area contributed by atoms with Crippen LogP contribution in [-0.2, 0) is 0 Å². The third-order valence-electron chi connectivity index (χ3n) is 1.48. The molecule has 0 aromatic heterocycles. The van der Waals surface area contributed by atoms with Gasteiger partial charge < -0.3 is 11.9 Å². The molecule has 0 aliphatic heterocycles. The van der Waals surface area contributed by atoms with Gasteiger partial charge in [-0.25, -0.2) is 0 Å². The van der Waals surface area contributed by atoms with Crippen LogP contribution < -0.4 is 11.9 Å². The Hall–Kier alpha value is 0.270. The second-order valence-corrected chi connectivity index (χ2v) is 3.87. The summed E-state index contributed by atoms with van der Waals surface area (Å²) in [6.07, 6.45) is 5.08. The number of thioether (sulfide) groups is 1. The van der Waals surface area contributed by atoms with Crippen molar-refractivity contribution in [3.05, 3.63) is 0 Å². The van der Waals surface area contributed by atoms with E-state index in [0.29, 0.717) is 5.37 Å². The van der Waals surface area contributed by atoms with Crippen LogP contribution in [0.2, 0.25) is 0 Å². The van der Waals surface area contributed by atoms with E-state index in [2.05, 4.69) is 13.8 Å². The molecule has 0 heterocycles. The van der Waals surface area contributed by atoms with Crippen molar-refractivity contribution in [2.75, 3.05) is 5.75 Å². The molecule has 0 saturated carbocycles. The van der Waals surface area contributed by atoms with E-state index in [9.17, 15) is 0 Å². The highest BCUT2D eigenvalue weighted by atomic mass is 32.2. The van der Waals surface area contributed by atoms with Crippen molar-refractivity contribution in [2.24, 2.45) is 5.73 Å². The molecule has 2 nitrogen and oxygen atoms in total. The Morgan fingerprint density at radius 2 is 1.91 bits per heavy atom. The SMILES string of the molecule is CCCCCSC(N)CC.N. The van der Waals surface area contributed by atoms with Crippen LogP contribution in [0.3, 0.4) is 0 Å². The molecular weight excluding hydrogens is 156 g/mol. The summed E-state index contributed by atoms with van der Waals surface area (Å²) in [5.41, 5.74) is 5.72. The van der Waals surface area contributed by atoms with Gasteiger partial charge in [0.05, 0.1) is 5.37 Å². The molecule has 3 heteroatoms. The fourth-order valence-corrected chi connectivity index (χ4v) is 1.61. The zero-order valence-electron chi connectivity index (χ0n) is 7.81. The van der Waals surface area contributed by atoms with Gasteiger partial charge >= 0.3 is 0 Å². The number of nitrogens with two attached hydrogens (primary N) is 1. The normalized spacial score (nSPS) is 12.3. The zero-order chi connectivity index (χ0) is 7.82. The van der Waals surface area contributed by atoms with Crippen LogP contribution in [0.25, 0.3) is 0 Å². The summed E-state index contributed by atoms with van der Waals surface area (Å²) in [6.45, 7) is 4.36. The topological polar surface area (TPSA) is 61.0 Å². The molecule has 0 aromatic rings. The highest BCUT2D eigenvalue weighted by Crippen LogP contribution is 2.11. The molecule has 0 bridgehead atoms. The van der Waals surface area contributed by atoms with Gasteiger partial charge in [-0.3, -0.25) is 0 Å². The van der Waals surface area contributed by atoms with Gasteiger partial charge in [0.15, 0.2) is 0 Å². The highest BCUT2D eigenvalue weighted by molar-refractivity contribution is 7.99. The van der Waals surface area contributed by atoms with Gasteiger partial charge in [0, 0.05) is 0 Å². The van der Waals surface area contributed by atoms with Crippen molar-refractivity contribution in [3.8, 4) is 0 Å². The quantitative estimate of drug-likeness (QED) is 0.485. The Bertz CT molecular complexity index is 69.1. The summed E-state index contributed by atoms with van der Waals surface area (Å²) in [5.74, 6) is 1.24. The third kappa shape index (κ3) is 10.3. The molecule has 0 rings (SSSR count). The summed E-state index contributed by atoms with van der Waals surface area (Å²) in [7, 11) is 0. The van der Waals surface area contributed by atoms with E-state index in [1.807, 2.05) is 11.8 Å². The van der Waals surface area contributed by atoms with Gasteiger partial charge in [0.25, 0.3) is 0 Å². The van der Waals surface area contributed by atoms with Gasteiger partial charge in [-0.2, -0.15) is 0 Å². The van der Waals surface area contributed by atoms with Gasteiger partial charge in [-0.15, -0.1) is 11.8 Å². The van der Waals surface area contributed by atoms with Gasteiger partial charge in [-0.1, -0.05) is 26.7 Å². The summed E-state index contributed by atoms with van der Waals surface area (Å²) in [5, 5.41) is 0.372. The Morgan fingerprint density at radius 1 is 1.27 bits per heavy atom. The van der Waals surface area contributed by atoms with E-state index < -0.39 is 0 Å². The number of hydrogen-bond acceptors (Lipinski definition) is 3. The van der Waals surface area contributed by atoms with Gasteiger partial charge in [0.2, 0.25) is 0 Å². The van der Waals surface area contributed by atoms with E-state index in [1.54, 1.807) is 0 Å². The van der Waals surface area contributed by atoms with E-state index in [-0.39, 0.29) is 6.15 Å². The molecule has 1 atom stereocenters. The summed E-state index contributed by atoms with van der Waals surface area (Å²) in [4.78, 5) is 0. The minimum atomic E-state index is 0. The van der Waals surface area contributed by atoms with Crippen molar-refractivity contribution >= 4 is 11.8 Å². The molecule has 0 saturated heterocycles. The molecule has 0 aliphatic rings. The van der Waals surface area contributed by atoms with Crippen LogP contribution >= 0.6 is 11.8 Å². The predicted octanol–water partition coefficient (Wildman–Crippen LogP) is 2.77. The van der Waals surface area contributed by atoms with Crippen LogP contribution in [-0.4, -0.2) is 11.1 Å². The maximum absolute atomic E-state index is 5.72. The summed E-state index contributed by atoms with van der Waals surface area (Å²) >= 11 is 1.89. The molecule has 0 fully saturated rings. The standard InChI is InChI=1S/C8H19NS.H3N/c1-3-5-6-7-10-8(9)4-2;/h8H,3-7,9H2,1-2H3;1H3. The average molecular weight is 178 g/mol. The first kappa shape index (κ1) is 13.8. The van der Waals surface area contributed by atoms with Crippen LogP contribution in [0.1, 0.15) is 39.5 Å². The first-order chi connectivity index (χ1) is 4.81. The van der Waals surface area contributed by atoms with E-state index in [0.717, 1.165) is 6.42 Å². The van der Waals surface area contributed by atoms with Crippen molar-refractivity contribution in [1.29, 1.82) is 0 Å². The number of rotatable bonds is 6. The van der Waals surface area contributed by atoms with E-state index >= 15 is 0 Å². The molecule has 0 aromatic carbocycles. The maximum atomic E-state index is 5.72. The number of unbranched alkanes of at least 4 members (excludes halogenated alkanes) is 2. The lowest BCUT2D eigenvalue weighted by atomic mass is 10.3. The van der Waals surface area contributed by atoms with Crippen molar-refractivity contribution in [3.63, 3.8) is 0 Å². The Balaban J connectivity index is 0. The average Bonchev–Trinajstić information content (AvgIpc) is 1.98. The van der Waals surface area contributed by atoms with Crippen molar-refractivity contribution in [2.45, 2.75) is 44.9 Å². The van der Waals surface area contributed by atoms with Crippen LogP contribution in [0, 0.1) is 0 Å². The van der Waals surface area contributed by atoms with Crippen LogP contribution in [0.4, 0.5) is 0 Å². The fraction of sp³-hybridized carbons (Fsp3) is 1.00. The second-order valence-electron chi connectivity index (χ2n) is 2.52. The molecule has 5 N–H and O–H groups in total. The van der Waals surface area contributed by atoms with Crippen molar-refractivity contribution < 1.29 is 0 Å². The van der Waals surface area contributed by atoms with Gasteiger partial charge in [0.1, 0.15) is 0 Å². The van der Waals surface area contributed by atoms with Crippen LogP contribution in [0.5, 0.6) is 0 Å². The molecule has 0 spiro atoms.